The van der Waals surface area contributed by atoms with Crippen LogP contribution in [0.5, 0.6) is 5.75 Å². The fraction of sp³-hybridized carbons (Fsp3) is 0.435. The number of carbonyl (C=O) groups excluding carboxylic acids is 1. The Hall–Kier alpha value is -2.65. The number of rotatable bonds is 9. The third kappa shape index (κ3) is 5.83. The second-order valence-electron chi connectivity index (χ2n) is 7.35. The highest BCUT2D eigenvalue weighted by Crippen LogP contribution is 2.38. The van der Waals surface area contributed by atoms with Crippen molar-refractivity contribution in [2.24, 2.45) is 5.92 Å². The Morgan fingerprint density at radius 1 is 1.30 bits per heavy atom. The summed E-state index contributed by atoms with van der Waals surface area (Å²) in [7, 11) is 1.35. The molecule has 0 aliphatic heterocycles. The molecule has 3 rings (SSSR count). The van der Waals surface area contributed by atoms with Crippen molar-refractivity contribution in [3.05, 3.63) is 49.9 Å². The summed E-state index contributed by atoms with van der Waals surface area (Å²) in [6, 6.07) is 3.96. The number of hydrogen-bond acceptors (Lipinski definition) is 5. The molecular weight excluding hydrogens is 469 g/mol. The molecular formula is C23H29ClFN3O4S. The molecule has 0 saturated heterocycles. The average Bonchev–Trinajstić information content (AvgIpc) is 3.22. The Kier molecular flexibility index (Phi) is 9.67. The highest BCUT2D eigenvalue weighted by atomic mass is 35.5. The lowest BCUT2D eigenvalue weighted by atomic mass is 9.99. The van der Waals surface area contributed by atoms with Gasteiger partial charge >= 0.3 is 5.69 Å². The maximum Gasteiger partial charge on any atom is 0.329 e. The summed E-state index contributed by atoms with van der Waals surface area (Å²) in [5, 5.41) is 2.80. The number of benzene rings is 1. The Labute approximate surface area is 200 Å². The van der Waals surface area contributed by atoms with Crippen molar-refractivity contribution < 1.29 is 13.9 Å². The topological polar surface area (TPSA) is 93.2 Å². The zero-order valence-electron chi connectivity index (χ0n) is 19.3. The van der Waals surface area contributed by atoms with Gasteiger partial charge in [-0.1, -0.05) is 39.3 Å². The second-order valence-corrected chi connectivity index (χ2v) is 8.81. The van der Waals surface area contributed by atoms with Crippen molar-refractivity contribution in [1.29, 1.82) is 0 Å². The van der Waals surface area contributed by atoms with E-state index in [1.807, 2.05) is 27.7 Å². The van der Waals surface area contributed by atoms with Crippen LogP contribution in [-0.2, 0) is 4.79 Å². The Morgan fingerprint density at radius 3 is 2.61 bits per heavy atom. The van der Waals surface area contributed by atoms with E-state index in [2.05, 4.69) is 10.3 Å². The minimum atomic E-state index is -0.586. The predicted molar refractivity (Wildman–Crippen MR) is 132 cm³/mol. The van der Waals surface area contributed by atoms with Crippen LogP contribution in [0, 0.1) is 11.7 Å². The number of fused-ring (bicyclic) bond motifs is 1. The molecule has 3 aromatic rings. The van der Waals surface area contributed by atoms with E-state index >= 15 is 0 Å². The van der Waals surface area contributed by atoms with E-state index in [4.69, 9.17) is 16.3 Å². The molecule has 0 radical (unpaired) electrons. The molecule has 2 atom stereocenters. The smallest absolute Gasteiger partial charge is 0.329 e. The molecule has 180 valence electrons. The number of carbonyl (C=O) groups is 1. The molecule has 7 nitrogen and oxygen atoms in total. The quantitative estimate of drug-likeness (QED) is 0.408. The summed E-state index contributed by atoms with van der Waals surface area (Å²) < 4.78 is 20.6. The van der Waals surface area contributed by atoms with Crippen molar-refractivity contribution in [2.75, 3.05) is 13.7 Å². The number of nitrogens with zero attached hydrogens (tertiary/aromatic N) is 1. The monoisotopic (exact) mass is 497 g/mol. The number of aromatic amines is 1. The van der Waals surface area contributed by atoms with E-state index in [1.54, 1.807) is 6.07 Å². The minimum absolute atomic E-state index is 0.0340. The molecule has 1 aromatic carbocycles. The molecule has 0 fully saturated rings. The molecule has 0 bridgehead atoms. The lowest BCUT2D eigenvalue weighted by Gasteiger charge is -2.21. The molecule has 2 aromatic heterocycles. The standard InChI is InChI=1S/C21H23ClFN3O4S.C2H6/c1-4-12(5-11(2)9-24-10-27)26-20(28)19-16(25-21(26)29)8-18(31-19)13-6-17(30-3)15(23)7-14(13)22;1-2/h6-8,10-12H,4-5,9H2,1-3H3,(H,24,27)(H,25,29);1-2H3. The molecule has 0 saturated carbocycles. The number of H-pyrrole nitrogens is 1. The van der Waals surface area contributed by atoms with Gasteiger partial charge in [-0.05, 0) is 37.0 Å². The van der Waals surface area contributed by atoms with Crippen molar-refractivity contribution in [1.82, 2.24) is 14.9 Å². The number of methoxy groups -OCH3 is 1. The molecule has 0 aliphatic rings. The zero-order valence-corrected chi connectivity index (χ0v) is 20.9. The first kappa shape index (κ1) is 26.6. The first-order valence-corrected chi connectivity index (χ1v) is 12.0. The molecule has 0 spiro atoms. The van der Waals surface area contributed by atoms with Crippen LogP contribution in [0.1, 0.15) is 46.6 Å². The van der Waals surface area contributed by atoms with Gasteiger partial charge in [0.25, 0.3) is 5.56 Å². The van der Waals surface area contributed by atoms with Crippen molar-refractivity contribution in [3.63, 3.8) is 0 Å². The first-order chi connectivity index (χ1) is 15.8. The maximum absolute atomic E-state index is 13.9. The predicted octanol–water partition coefficient (Wildman–Crippen LogP) is 4.97. The lowest BCUT2D eigenvalue weighted by Crippen LogP contribution is -2.38. The summed E-state index contributed by atoms with van der Waals surface area (Å²) >= 11 is 7.40. The molecule has 10 heteroatoms. The van der Waals surface area contributed by atoms with Gasteiger partial charge in [0.05, 0.1) is 17.6 Å². The van der Waals surface area contributed by atoms with E-state index < -0.39 is 11.5 Å². The van der Waals surface area contributed by atoms with Crippen LogP contribution in [0.25, 0.3) is 20.7 Å². The minimum Gasteiger partial charge on any atom is -0.494 e. The number of thiophene rings is 1. The molecule has 0 aliphatic carbocycles. The van der Waals surface area contributed by atoms with E-state index in [0.717, 1.165) is 6.07 Å². The van der Waals surface area contributed by atoms with E-state index in [9.17, 15) is 18.8 Å². The summed E-state index contributed by atoms with van der Waals surface area (Å²) in [6.07, 6.45) is 1.77. The summed E-state index contributed by atoms with van der Waals surface area (Å²) in [5.74, 6) is -0.467. The van der Waals surface area contributed by atoms with Crippen molar-refractivity contribution >= 4 is 39.6 Å². The van der Waals surface area contributed by atoms with Gasteiger partial charge in [-0.25, -0.2) is 9.18 Å². The fourth-order valence-corrected chi connectivity index (χ4v) is 5.00. The van der Waals surface area contributed by atoms with Crippen molar-refractivity contribution in [2.45, 2.75) is 46.6 Å². The lowest BCUT2D eigenvalue weighted by molar-refractivity contribution is -0.109. The summed E-state index contributed by atoms with van der Waals surface area (Å²) in [6.45, 7) is 8.32. The van der Waals surface area contributed by atoms with Crippen LogP contribution >= 0.6 is 22.9 Å². The average molecular weight is 498 g/mol. The third-order valence-electron chi connectivity index (χ3n) is 5.17. The summed E-state index contributed by atoms with van der Waals surface area (Å²) in [4.78, 5) is 39.9. The first-order valence-electron chi connectivity index (χ1n) is 10.8. The number of amides is 1. The molecule has 1 amide bonds. The number of halogens is 2. The van der Waals surface area contributed by atoms with E-state index in [1.165, 1.54) is 29.1 Å². The highest BCUT2D eigenvalue weighted by Gasteiger charge is 2.21. The number of nitrogens with one attached hydrogen (secondary N) is 2. The van der Waals surface area contributed by atoms with Crippen LogP contribution in [0.3, 0.4) is 0 Å². The Balaban J connectivity index is 0.00000187. The Morgan fingerprint density at radius 2 is 2.00 bits per heavy atom. The molecule has 2 N–H and O–H groups in total. The van der Waals surface area contributed by atoms with Gasteiger partial charge in [0.2, 0.25) is 6.41 Å². The zero-order chi connectivity index (χ0) is 24.7. The molecule has 2 heterocycles. The van der Waals surface area contributed by atoms with Gasteiger partial charge in [-0.15, -0.1) is 11.3 Å². The fourth-order valence-electron chi connectivity index (χ4n) is 3.61. The maximum atomic E-state index is 13.9. The molecule has 2 unspecified atom stereocenters. The van der Waals surface area contributed by atoms with Crippen LogP contribution in [0.2, 0.25) is 5.02 Å². The van der Waals surface area contributed by atoms with Crippen LogP contribution < -0.4 is 21.3 Å². The normalized spacial score (nSPS) is 12.6. The van der Waals surface area contributed by atoms with Gasteiger partial charge in [0.1, 0.15) is 4.70 Å². The van der Waals surface area contributed by atoms with Gasteiger partial charge in [0.15, 0.2) is 11.6 Å². The van der Waals surface area contributed by atoms with Gasteiger partial charge in [0, 0.05) is 23.0 Å². The van der Waals surface area contributed by atoms with Gasteiger partial charge < -0.3 is 15.0 Å². The van der Waals surface area contributed by atoms with E-state index in [0.29, 0.717) is 46.5 Å². The third-order valence-corrected chi connectivity index (χ3v) is 6.64. The number of aromatic nitrogens is 2. The van der Waals surface area contributed by atoms with Crippen molar-refractivity contribution in [3.8, 4) is 16.2 Å². The van der Waals surface area contributed by atoms with E-state index in [-0.39, 0.29) is 28.3 Å². The largest absolute Gasteiger partial charge is 0.494 e. The second kappa shape index (κ2) is 12.0. The number of hydrogen-bond donors (Lipinski definition) is 2. The summed E-state index contributed by atoms with van der Waals surface area (Å²) in [5.41, 5.74) is 0.0271. The highest BCUT2D eigenvalue weighted by molar-refractivity contribution is 7.22. The van der Waals surface area contributed by atoms with Gasteiger partial charge in [-0.3, -0.25) is 14.2 Å². The molecule has 33 heavy (non-hydrogen) atoms. The SMILES string of the molecule is CC.CCC(CC(C)CNC=O)n1c(=O)[nH]c2cc(-c3cc(OC)c(F)cc3Cl)sc2c1=O. The van der Waals surface area contributed by atoms with Crippen LogP contribution in [-0.4, -0.2) is 29.6 Å². The Bertz CT molecular complexity index is 1220. The van der Waals surface area contributed by atoms with Gasteiger partial charge in [-0.2, -0.15) is 0 Å². The number of ether oxygens (including phenoxy) is 1. The van der Waals surface area contributed by atoms with Crippen LogP contribution in [0.15, 0.2) is 27.8 Å². The van der Waals surface area contributed by atoms with Crippen LogP contribution in [0.4, 0.5) is 4.39 Å².